The van der Waals surface area contributed by atoms with Crippen molar-refractivity contribution in [3.05, 3.63) is 91.3 Å². The number of rotatable bonds is 5. The molecule has 1 aliphatic rings. The van der Waals surface area contributed by atoms with Crippen LogP contribution in [0, 0.1) is 0 Å². The van der Waals surface area contributed by atoms with Crippen molar-refractivity contribution in [2.75, 3.05) is 31.1 Å². The van der Waals surface area contributed by atoms with E-state index in [9.17, 15) is 0 Å². The molecule has 1 aliphatic heterocycles. The van der Waals surface area contributed by atoms with Gasteiger partial charge in [-0.05, 0) is 35.8 Å². The Morgan fingerprint density at radius 2 is 1.63 bits per heavy atom. The quantitative estimate of drug-likeness (QED) is 0.664. The van der Waals surface area contributed by atoms with Crippen LogP contribution in [0.25, 0.3) is 5.57 Å². The van der Waals surface area contributed by atoms with Crippen molar-refractivity contribution in [3.63, 3.8) is 0 Å². The van der Waals surface area contributed by atoms with Crippen molar-refractivity contribution in [1.82, 2.24) is 9.88 Å². The van der Waals surface area contributed by atoms with Gasteiger partial charge in [0.05, 0.1) is 0 Å². The van der Waals surface area contributed by atoms with Gasteiger partial charge in [0.25, 0.3) is 0 Å². The molecule has 27 heavy (non-hydrogen) atoms. The van der Waals surface area contributed by atoms with Crippen molar-refractivity contribution >= 4 is 11.4 Å². The first-order valence-corrected chi connectivity index (χ1v) is 9.76. The molecule has 142 valence electrons. The normalized spacial score (nSPS) is 14.3. The van der Waals surface area contributed by atoms with Gasteiger partial charge in [0.15, 0.2) is 0 Å². The van der Waals surface area contributed by atoms with Gasteiger partial charge >= 0.3 is 0 Å². The van der Waals surface area contributed by atoms with E-state index in [1.54, 1.807) is 0 Å². The smallest absolute Gasteiger partial charge is 0.128 e. The van der Waals surface area contributed by atoms with Crippen LogP contribution in [0.2, 0.25) is 0 Å². The zero-order valence-electron chi connectivity index (χ0n) is 16.6. The lowest BCUT2D eigenvalue weighted by atomic mass is 10.1. The first kappa shape index (κ1) is 20.5. The third-order valence-electron chi connectivity index (χ3n) is 4.50. The number of pyridine rings is 1. The van der Waals surface area contributed by atoms with Gasteiger partial charge in [-0.25, -0.2) is 4.98 Å². The fourth-order valence-electron chi connectivity index (χ4n) is 3.03. The Labute approximate surface area is 164 Å². The molecule has 0 saturated carbocycles. The van der Waals surface area contributed by atoms with Crippen LogP contribution in [-0.4, -0.2) is 36.1 Å². The Hall–Kier alpha value is -2.81. The predicted molar refractivity (Wildman–Crippen MR) is 118 cm³/mol. The summed E-state index contributed by atoms with van der Waals surface area (Å²) in [7, 11) is 0. The summed E-state index contributed by atoms with van der Waals surface area (Å²) >= 11 is 0. The monoisotopic (exact) mass is 361 g/mol. The molecule has 1 saturated heterocycles. The highest BCUT2D eigenvalue weighted by Crippen LogP contribution is 2.17. The average Bonchev–Trinajstić information content (AvgIpc) is 3.01. The maximum atomic E-state index is 4.47. The molecule has 2 aromatic rings. The van der Waals surface area contributed by atoms with Crippen molar-refractivity contribution in [2.24, 2.45) is 0 Å². The molecule has 0 bridgehead atoms. The molecule has 0 atom stereocenters. The van der Waals surface area contributed by atoms with Gasteiger partial charge in [-0.2, -0.15) is 0 Å². The lowest BCUT2D eigenvalue weighted by molar-refractivity contribution is 0.382. The molecule has 0 unspecified atom stereocenters. The number of hydrogen-bond donors (Lipinski definition) is 0. The Morgan fingerprint density at radius 3 is 2.33 bits per heavy atom. The number of nitrogens with zero attached hydrogens (tertiary/aromatic N) is 3. The SMILES string of the molecule is C=C(/C=C\C(=C)N1CCCN(c2ccccn2)CC1)c1ccccc1.CC. The van der Waals surface area contributed by atoms with Crippen molar-refractivity contribution in [2.45, 2.75) is 20.3 Å². The first-order valence-electron chi connectivity index (χ1n) is 9.76. The third kappa shape index (κ3) is 6.14. The van der Waals surface area contributed by atoms with E-state index >= 15 is 0 Å². The minimum Gasteiger partial charge on any atom is -0.370 e. The fourth-order valence-corrected chi connectivity index (χ4v) is 3.03. The van der Waals surface area contributed by atoms with E-state index in [-0.39, 0.29) is 0 Å². The Kier molecular flexibility index (Phi) is 8.37. The summed E-state index contributed by atoms with van der Waals surface area (Å²) in [5.74, 6) is 1.06. The maximum Gasteiger partial charge on any atom is 0.128 e. The van der Waals surface area contributed by atoms with E-state index < -0.39 is 0 Å². The van der Waals surface area contributed by atoms with E-state index in [4.69, 9.17) is 0 Å². The number of benzene rings is 1. The molecule has 0 amide bonds. The molecule has 1 aromatic heterocycles. The second kappa shape index (κ2) is 11.0. The Balaban J connectivity index is 0.00000126. The minimum absolute atomic E-state index is 0.956. The van der Waals surface area contributed by atoms with Gasteiger partial charge in [-0.15, -0.1) is 0 Å². The maximum absolute atomic E-state index is 4.47. The largest absolute Gasteiger partial charge is 0.370 e. The lowest BCUT2D eigenvalue weighted by Crippen LogP contribution is -2.30. The van der Waals surface area contributed by atoms with E-state index in [1.165, 1.54) is 0 Å². The predicted octanol–water partition coefficient (Wildman–Crippen LogP) is 5.40. The summed E-state index contributed by atoms with van der Waals surface area (Å²) in [6.07, 6.45) is 7.09. The second-order valence-corrected chi connectivity index (χ2v) is 6.23. The minimum atomic E-state index is 0.956. The van der Waals surface area contributed by atoms with Crippen LogP contribution in [0.5, 0.6) is 0 Å². The zero-order valence-corrected chi connectivity index (χ0v) is 16.6. The molecule has 1 fully saturated rings. The van der Waals surface area contributed by atoms with E-state index in [0.717, 1.165) is 55.3 Å². The summed E-state index contributed by atoms with van der Waals surface area (Å²) < 4.78 is 0. The van der Waals surface area contributed by atoms with Gasteiger partial charge in [0.1, 0.15) is 5.82 Å². The Bertz CT molecular complexity index is 735. The molecular weight excluding hydrogens is 330 g/mol. The lowest BCUT2D eigenvalue weighted by Gasteiger charge is -2.24. The number of aromatic nitrogens is 1. The molecule has 3 heteroatoms. The van der Waals surface area contributed by atoms with Crippen LogP contribution in [0.3, 0.4) is 0 Å². The highest BCUT2D eigenvalue weighted by Gasteiger charge is 2.15. The first-order chi connectivity index (χ1) is 13.2. The number of allylic oxidation sites excluding steroid dienone is 3. The van der Waals surface area contributed by atoms with E-state index in [2.05, 4.69) is 58.3 Å². The highest BCUT2D eigenvalue weighted by atomic mass is 15.2. The number of hydrogen-bond acceptors (Lipinski definition) is 3. The molecule has 0 aliphatic carbocycles. The molecule has 0 spiro atoms. The topological polar surface area (TPSA) is 19.4 Å². The van der Waals surface area contributed by atoms with Crippen LogP contribution in [-0.2, 0) is 0 Å². The molecule has 2 heterocycles. The molecule has 0 radical (unpaired) electrons. The fraction of sp³-hybridized carbons (Fsp3) is 0.292. The summed E-state index contributed by atoms with van der Waals surface area (Å²) in [6, 6.07) is 16.3. The van der Waals surface area contributed by atoms with Crippen molar-refractivity contribution in [1.29, 1.82) is 0 Å². The van der Waals surface area contributed by atoms with Gasteiger partial charge in [-0.3, -0.25) is 0 Å². The van der Waals surface area contributed by atoms with Crippen LogP contribution in [0.1, 0.15) is 25.8 Å². The van der Waals surface area contributed by atoms with E-state index in [0.29, 0.717) is 0 Å². The summed E-state index contributed by atoms with van der Waals surface area (Å²) in [6.45, 7) is 16.4. The molecule has 1 aromatic carbocycles. The second-order valence-electron chi connectivity index (χ2n) is 6.23. The van der Waals surface area contributed by atoms with E-state index in [1.807, 2.05) is 50.4 Å². The van der Waals surface area contributed by atoms with Crippen LogP contribution in [0.4, 0.5) is 5.82 Å². The zero-order chi connectivity index (χ0) is 19.5. The summed E-state index contributed by atoms with van der Waals surface area (Å²) in [4.78, 5) is 9.16. The molecule has 3 rings (SSSR count). The average molecular weight is 362 g/mol. The number of anilines is 1. The van der Waals surface area contributed by atoms with Gasteiger partial charge in [-0.1, -0.05) is 69.5 Å². The van der Waals surface area contributed by atoms with Crippen molar-refractivity contribution in [3.8, 4) is 0 Å². The highest BCUT2D eigenvalue weighted by molar-refractivity contribution is 5.72. The summed E-state index contributed by atoms with van der Waals surface area (Å²) in [5.41, 5.74) is 3.19. The van der Waals surface area contributed by atoms with Crippen molar-refractivity contribution < 1.29 is 0 Å². The Morgan fingerprint density at radius 1 is 0.889 bits per heavy atom. The molecular formula is C24H31N3. The van der Waals surface area contributed by atoms with Crippen LogP contribution >= 0.6 is 0 Å². The van der Waals surface area contributed by atoms with Gasteiger partial charge < -0.3 is 9.80 Å². The van der Waals surface area contributed by atoms with Gasteiger partial charge in [0, 0.05) is 38.1 Å². The standard InChI is InChI=1S/C22H25N3.C2H6/c1-19(21-9-4-3-5-10-21)12-13-20(2)24-15-8-16-25(18-17-24)22-11-6-7-14-23-22;1-2/h3-7,9-14H,1-2,8,15-18H2;1-2H3/b13-12-;. The molecule has 0 N–H and O–H groups in total. The molecule has 3 nitrogen and oxygen atoms in total. The summed E-state index contributed by atoms with van der Waals surface area (Å²) in [5, 5.41) is 0. The van der Waals surface area contributed by atoms with Crippen LogP contribution < -0.4 is 4.90 Å². The van der Waals surface area contributed by atoms with Crippen LogP contribution in [0.15, 0.2) is 85.7 Å². The van der Waals surface area contributed by atoms with Gasteiger partial charge in [0.2, 0.25) is 0 Å². The third-order valence-corrected chi connectivity index (χ3v) is 4.50.